The summed E-state index contributed by atoms with van der Waals surface area (Å²) >= 11 is 0. The van der Waals surface area contributed by atoms with Crippen molar-refractivity contribution in [2.75, 3.05) is 13.2 Å². The highest BCUT2D eigenvalue weighted by atomic mass is 35.5. The Balaban J connectivity index is 0.00000196. The van der Waals surface area contributed by atoms with Crippen LogP contribution in [0.4, 0.5) is 0 Å². The van der Waals surface area contributed by atoms with Gasteiger partial charge in [0.05, 0.1) is 6.61 Å². The van der Waals surface area contributed by atoms with Crippen LogP contribution in [0.1, 0.15) is 0 Å². The van der Waals surface area contributed by atoms with Crippen LogP contribution in [0, 0.1) is 12.3 Å². The molecular weight excluding hydrogens is 214 g/mol. The molecule has 0 spiro atoms. The number of aliphatic hydroxyl groups is 1. The fourth-order valence-electron chi connectivity index (χ4n) is 1.11. The minimum absolute atomic E-state index is 0. The van der Waals surface area contributed by atoms with Gasteiger partial charge in [-0.25, -0.2) is 4.57 Å². The van der Waals surface area contributed by atoms with Gasteiger partial charge in [0.25, 0.3) is 0 Å². The first-order valence-electron chi connectivity index (χ1n) is 4.46. The number of aromatic nitrogens is 1. The van der Waals surface area contributed by atoms with Gasteiger partial charge in [-0.2, -0.15) is 0 Å². The number of hydrogen-bond donors (Lipinski definition) is 1. The number of rotatable bonds is 5. The maximum atomic E-state index is 9.51. The first-order chi connectivity index (χ1) is 6.83. The summed E-state index contributed by atoms with van der Waals surface area (Å²) in [5, 5.41) is 9.51. The third-order valence-electron chi connectivity index (χ3n) is 1.69. The topological polar surface area (TPSA) is 33.3 Å². The molecule has 0 saturated heterocycles. The maximum absolute atomic E-state index is 9.51. The van der Waals surface area contributed by atoms with Gasteiger partial charge in [0.2, 0.25) is 0 Å². The molecular formula is C11H14ClNO2. The summed E-state index contributed by atoms with van der Waals surface area (Å²) in [4.78, 5) is 0. The van der Waals surface area contributed by atoms with E-state index in [2.05, 4.69) is 5.92 Å². The molecule has 1 aromatic heterocycles. The van der Waals surface area contributed by atoms with Crippen LogP contribution in [-0.4, -0.2) is 24.4 Å². The molecule has 0 aliphatic rings. The van der Waals surface area contributed by atoms with Gasteiger partial charge in [-0.05, 0) is 0 Å². The lowest BCUT2D eigenvalue weighted by molar-refractivity contribution is -0.703. The Morgan fingerprint density at radius 2 is 2.00 bits per heavy atom. The summed E-state index contributed by atoms with van der Waals surface area (Å²) in [6.07, 6.45) is 8.27. The van der Waals surface area contributed by atoms with Crippen molar-refractivity contribution in [3.05, 3.63) is 30.6 Å². The van der Waals surface area contributed by atoms with Crippen molar-refractivity contribution >= 4 is 0 Å². The van der Waals surface area contributed by atoms with Crippen LogP contribution in [0.25, 0.3) is 0 Å². The summed E-state index contributed by atoms with van der Waals surface area (Å²) < 4.78 is 6.91. The number of nitrogens with zero attached hydrogens (tertiary/aromatic N) is 1. The molecule has 1 aromatic rings. The molecule has 1 atom stereocenters. The van der Waals surface area contributed by atoms with Crippen LogP contribution in [0.3, 0.4) is 0 Å². The molecule has 0 aliphatic carbocycles. The van der Waals surface area contributed by atoms with Gasteiger partial charge in [-0.3, -0.25) is 0 Å². The van der Waals surface area contributed by atoms with Crippen molar-refractivity contribution in [3.63, 3.8) is 0 Å². The highest BCUT2D eigenvalue weighted by Crippen LogP contribution is 1.86. The summed E-state index contributed by atoms with van der Waals surface area (Å²) in [6.45, 7) is 1.04. The lowest BCUT2D eigenvalue weighted by Gasteiger charge is -2.05. The van der Waals surface area contributed by atoms with Crippen LogP contribution in [0.2, 0.25) is 0 Å². The van der Waals surface area contributed by atoms with E-state index in [9.17, 15) is 5.11 Å². The zero-order valence-corrected chi connectivity index (χ0v) is 9.10. The number of aliphatic hydroxyl groups excluding tert-OH is 1. The first-order valence-corrected chi connectivity index (χ1v) is 4.46. The SMILES string of the molecule is C#CCOCC(O)C[n+]1ccccc1.[Cl-]. The van der Waals surface area contributed by atoms with Gasteiger partial charge in [0.1, 0.15) is 12.7 Å². The van der Waals surface area contributed by atoms with Crippen molar-refractivity contribution in [1.82, 2.24) is 0 Å². The van der Waals surface area contributed by atoms with Gasteiger partial charge in [0, 0.05) is 12.1 Å². The monoisotopic (exact) mass is 227 g/mol. The number of halogens is 1. The Morgan fingerprint density at radius 3 is 2.60 bits per heavy atom. The Morgan fingerprint density at radius 1 is 1.33 bits per heavy atom. The third-order valence-corrected chi connectivity index (χ3v) is 1.69. The highest BCUT2D eigenvalue weighted by molar-refractivity contribution is 4.84. The Bertz CT molecular complexity index is 297. The van der Waals surface area contributed by atoms with Crippen LogP contribution in [0.15, 0.2) is 30.6 Å². The molecule has 1 N–H and O–H groups in total. The van der Waals surface area contributed by atoms with E-state index >= 15 is 0 Å². The third kappa shape index (κ3) is 6.08. The van der Waals surface area contributed by atoms with Crippen molar-refractivity contribution < 1.29 is 26.8 Å². The number of terminal acetylenes is 1. The molecule has 82 valence electrons. The molecule has 3 nitrogen and oxygen atoms in total. The summed E-state index contributed by atoms with van der Waals surface area (Å²) in [7, 11) is 0. The Labute approximate surface area is 96.1 Å². The van der Waals surface area contributed by atoms with E-state index in [0.717, 1.165) is 0 Å². The van der Waals surface area contributed by atoms with E-state index in [1.165, 1.54) is 0 Å². The van der Waals surface area contributed by atoms with Crippen molar-refractivity contribution in [2.45, 2.75) is 12.6 Å². The summed E-state index contributed by atoms with van der Waals surface area (Å²) in [5.74, 6) is 2.35. The molecule has 0 bridgehead atoms. The average molecular weight is 228 g/mol. The molecule has 1 unspecified atom stereocenters. The number of pyridine rings is 1. The van der Waals surface area contributed by atoms with Crippen molar-refractivity contribution in [1.29, 1.82) is 0 Å². The standard InChI is InChI=1S/C11H14NO2.ClH/c1-2-8-14-10-11(13)9-12-6-4-3-5-7-12;/h1,3-7,11,13H,8-10H2;1H/q+1;/p-1. The van der Waals surface area contributed by atoms with E-state index in [-0.39, 0.29) is 25.6 Å². The number of hydrogen-bond acceptors (Lipinski definition) is 2. The van der Waals surface area contributed by atoms with Gasteiger partial charge >= 0.3 is 0 Å². The van der Waals surface area contributed by atoms with Crippen LogP contribution in [-0.2, 0) is 11.3 Å². The molecule has 0 aromatic carbocycles. The lowest BCUT2D eigenvalue weighted by atomic mass is 10.3. The fraction of sp³-hybridized carbons (Fsp3) is 0.364. The molecule has 4 heteroatoms. The maximum Gasteiger partial charge on any atom is 0.176 e. The lowest BCUT2D eigenvalue weighted by Crippen LogP contribution is -3.00. The zero-order valence-electron chi connectivity index (χ0n) is 8.34. The number of ether oxygens (including phenoxy) is 1. The van der Waals surface area contributed by atoms with Gasteiger partial charge in [0.15, 0.2) is 18.9 Å². The minimum Gasteiger partial charge on any atom is -1.00 e. The highest BCUT2D eigenvalue weighted by Gasteiger charge is 2.09. The van der Waals surface area contributed by atoms with Crippen molar-refractivity contribution in [2.24, 2.45) is 0 Å². The first kappa shape index (κ1) is 13.9. The van der Waals surface area contributed by atoms with E-state index in [4.69, 9.17) is 11.2 Å². The molecule has 15 heavy (non-hydrogen) atoms. The Kier molecular flexibility index (Phi) is 7.65. The molecule has 1 rings (SSSR count). The second-order valence-electron chi connectivity index (χ2n) is 2.95. The molecule has 1 heterocycles. The minimum atomic E-state index is -0.518. The fourth-order valence-corrected chi connectivity index (χ4v) is 1.11. The van der Waals surface area contributed by atoms with Crippen molar-refractivity contribution in [3.8, 4) is 12.3 Å². The molecule has 0 fully saturated rings. The summed E-state index contributed by atoms with van der Waals surface area (Å²) in [6, 6.07) is 5.75. The van der Waals surface area contributed by atoms with E-state index in [1.807, 2.05) is 35.2 Å². The van der Waals surface area contributed by atoms with E-state index < -0.39 is 6.10 Å². The van der Waals surface area contributed by atoms with Crippen LogP contribution >= 0.6 is 0 Å². The quantitative estimate of drug-likeness (QED) is 0.330. The smallest absolute Gasteiger partial charge is 0.176 e. The van der Waals surface area contributed by atoms with Crippen LogP contribution in [0.5, 0.6) is 0 Å². The van der Waals surface area contributed by atoms with E-state index in [1.54, 1.807) is 0 Å². The normalized spacial score (nSPS) is 11.2. The van der Waals surface area contributed by atoms with Crippen LogP contribution < -0.4 is 17.0 Å². The second kappa shape index (κ2) is 8.25. The summed E-state index contributed by atoms with van der Waals surface area (Å²) in [5.41, 5.74) is 0. The second-order valence-corrected chi connectivity index (χ2v) is 2.95. The molecule has 0 aliphatic heterocycles. The molecule has 0 amide bonds. The average Bonchev–Trinajstić information content (AvgIpc) is 2.20. The van der Waals surface area contributed by atoms with E-state index in [0.29, 0.717) is 6.54 Å². The predicted octanol–water partition coefficient (Wildman–Crippen LogP) is -3.01. The van der Waals surface area contributed by atoms with Gasteiger partial charge < -0.3 is 22.3 Å². The van der Waals surface area contributed by atoms with Gasteiger partial charge in [-0.1, -0.05) is 12.0 Å². The van der Waals surface area contributed by atoms with Gasteiger partial charge in [-0.15, -0.1) is 6.42 Å². The zero-order chi connectivity index (χ0) is 10.2. The molecule has 0 radical (unpaired) electrons. The molecule has 0 saturated carbocycles. The Hall–Kier alpha value is -1.08. The predicted molar refractivity (Wildman–Crippen MR) is 52.3 cm³/mol. The largest absolute Gasteiger partial charge is 1.00 e.